The van der Waals surface area contributed by atoms with E-state index in [2.05, 4.69) is 58.9 Å². The van der Waals surface area contributed by atoms with Crippen molar-refractivity contribution >= 4 is 44.3 Å². The van der Waals surface area contributed by atoms with Gasteiger partial charge in [-0.2, -0.15) is 0 Å². The van der Waals surface area contributed by atoms with Crippen molar-refractivity contribution in [3.8, 4) is 0 Å². The lowest BCUT2D eigenvalue weighted by Gasteiger charge is -2.01. The van der Waals surface area contributed by atoms with Gasteiger partial charge in [0.2, 0.25) is 0 Å². The number of benzene rings is 2. The van der Waals surface area contributed by atoms with Gasteiger partial charge in [-0.3, -0.25) is 0 Å². The number of fused-ring (bicyclic) bond motifs is 3. The monoisotopic (exact) mass is 309 g/mol. The van der Waals surface area contributed by atoms with Gasteiger partial charge in [-0.05, 0) is 51.9 Å². The molecule has 0 bridgehead atoms. The minimum Gasteiger partial charge on any atom is -0.355 e. The van der Waals surface area contributed by atoms with E-state index in [1.807, 2.05) is 6.07 Å². The van der Waals surface area contributed by atoms with Crippen LogP contribution in [0.15, 0.2) is 34.9 Å². The van der Waals surface area contributed by atoms with Gasteiger partial charge in [0.15, 0.2) is 9.28 Å². The second kappa shape index (κ2) is 3.20. The molecule has 1 aromatic heterocycles. The molecule has 0 saturated carbocycles. The summed E-state index contributed by atoms with van der Waals surface area (Å²) in [6, 6.07) is 10.4. The van der Waals surface area contributed by atoms with Crippen LogP contribution in [0.5, 0.6) is 0 Å². The molecule has 74 valence electrons. The van der Waals surface area contributed by atoms with E-state index in [4.69, 9.17) is 4.52 Å². The van der Waals surface area contributed by atoms with Gasteiger partial charge in [0, 0.05) is 0 Å². The molecule has 3 aromatic rings. The quantitative estimate of drug-likeness (QED) is 0.589. The molecule has 3 heteroatoms. The van der Waals surface area contributed by atoms with Gasteiger partial charge in [-0.25, -0.2) is 0 Å². The highest BCUT2D eigenvalue weighted by molar-refractivity contribution is 14.1. The summed E-state index contributed by atoms with van der Waals surface area (Å²) < 4.78 is 6.17. The first-order valence-corrected chi connectivity index (χ1v) is 5.78. The van der Waals surface area contributed by atoms with Crippen LogP contribution in [-0.4, -0.2) is 5.16 Å². The lowest BCUT2D eigenvalue weighted by molar-refractivity contribution is 0.451. The Bertz CT molecular complexity index is 657. The smallest absolute Gasteiger partial charge is 0.168 e. The number of hydrogen-bond acceptors (Lipinski definition) is 2. The molecule has 0 radical (unpaired) electrons. The fourth-order valence-corrected chi connectivity index (χ4v) is 2.57. The maximum absolute atomic E-state index is 5.24. The van der Waals surface area contributed by atoms with Crippen LogP contribution in [0, 0.1) is 10.6 Å². The molecule has 0 aliphatic carbocycles. The topological polar surface area (TPSA) is 26.0 Å². The normalized spacial score (nSPS) is 11.3. The van der Waals surface area contributed by atoms with Gasteiger partial charge >= 0.3 is 0 Å². The molecule has 1 heterocycles. The minimum atomic E-state index is 0.859. The maximum atomic E-state index is 5.24. The Labute approximate surface area is 100 Å². The fraction of sp³-hybridized carbons (Fsp3) is 0.0833. The van der Waals surface area contributed by atoms with E-state index < -0.39 is 0 Å². The average Bonchev–Trinajstić information content (AvgIpc) is 2.61. The molecule has 2 aromatic carbocycles. The molecule has 0 atom stereocenters. The summed E-state index contributed by atoms with van der Waals surface area (Å²) >= 11 is 2.21. The first kappa shape index (κ1) is 9.15. The fourth-order valence-electron chi connectivity index (χ4n) is 1.92. The summed E-state index contributed by atoms with van der Waals surface area (Å²) in [5.74, 6) is 0. The van der Waals surface area contributed by atoms with Crippen molar-refractivity contribution in [1.29, 1.82) is 0 Å². The van der Waals surface area contributed by atoms with Gasteiger partial charge in [-0.1, -0.05) is 29.4 Å². The summed E-state index contributed by atoms with van der Waals surface area (Å²) in [6.07, 6.45) is 0. The summed E-state index contributed by atoms with van der Waals surface area (Å²) in [6.45, 7) is 2.12. The van der Waals surface area contributed by atoms with Crippen LogP contribution in [0.1, 0.15) is 5.56 Å². The van der Waals surface area contributed by atoms with E-state index in [1.54, 1.807) is 0 Å². The van der Waals surface area contributed by atoms with Crippen LogP contribution < -0.4 is 0 Å². The largest absolute Gasteiger partial charge is 0.355 e. The second-order valence-corrected chi connectivity index (χ2v) is 4.60. The van der Waals surface area contributed by atoms with Gasteiger partial charge in [0.1, 0.15) is 0 Å². The Kier molecular flexibility index (Phi) is 1.95. The van der Waals surface area contributed by atoms with Crippen LogP contribution in [0.25, 0.3) is 21.7 Å². The van der Waals surface area contributed by atoms with Crippen LogP contribution in [0.4, 0.5) is 0 Å². The van der Waals surface area contributed by atoms with Crippen molar-refractivity contribution < 1.29 is 4.52 Å². The third-order valence-electron chi connectivity index (χ3n) is 2.67. The highest BCUT2D eigenvalue weighted by atomic mass is 127. The highest BCUT2D eigenvalue weighted by Crippen LogP contribution is 2.30. The third kappa shape index (κ3) is 1.26. The molecule has 0 fully saturated rings. The average molecular weight is 309 g/mol. The van der Waals surface area contributed by atoms with Crippen molar-refractivity contribution in [3.63, 3.8) is 0 Å². The molecule has 15 heavy (non-hydrogen) atoms. The highest BCUT2D eigenvalue weighted by Gasteiger charge is 2.09. The van der Waals surface area contributed by atoms with Gasteiger partial charge in [0.05, 0.1) is 5.39 Å². The van der Waals surface area contributed by atoms with Crippen molar-refractivity contribution in [2.75, 3.05) is 0 Å². The van der Waals surface area contributed by atoms with Gasteiger partial charge in [0.25, 0.3) is 0 Å². The number of nitrogens with zero attached hydrogens (tertiary/aromatic N) is 1. The first-order valence-electron chi connectivity index (χ1n) is 4.70. The molecule has 2 nitrogen and oxygen atoms in total. The predicted molar refractivity (Wildman–Crippen MR) is 69.0 cm³/mol. The predicted octanol–water partition coefficient (Wildman–Crippen LogP) is 3.89. The van der Waals surface area contributed by atoms with Crippen molar-refractivity contribution in [2.45, 2.75) is 6.92 Å². The van der Waals surface area contributed by atoms with Crippen LogP contribution in [-0.2, 0) is 0 Å². The zero-order chi connectivity index (χ0) is 10.4. The van der Waals surface area contributed by atoms with Crippen LogP contribution >= 0.6 is 22.6 Å². The van der Waals surface area contributed by atoms with E-state index in [-0.39, 0.29) is 0 Å². The Hall–Kier alpha value is -1.10. The Morgan fingerprint density at radius 3 is 2.87 bits per heavy atom. The number of hydrogen-bond donors (Lipinski definition) is 0. The van der Waals surface area contributed by atoms with Crippen molar-refractivity contribution in [1.82, 2.24) is 5.16 Å². The molecule has 0 N–H and O–H groups in total. The van der Waals surface area contributed by atoms with E-state index in [9.17, 15) is 0 Å². The van der Waals surface area contributed by atoms with Crippen LogP contribution in [0.3, 0.4) is 0 Å². The zero-order valence-corrected chi connectivity index (χ0v) is 10.3. The second-order valence-electron chi connectivity index (χ2n) is 3.58. The molecule has 3 rings (SSSR count). The third-order valence-corrected chi connectivity index (χ3v) is 3.41. The lowest BCUT2D eigenvalue weighted by Crippen LogP contribution is -1.79. The summed E-state index contributed by atoms with van der Waals surface area (Å²) in [4.78, 5) is 0. The summed E-state index contributed by atoms with van der Waals surface area (Å²) in [7, 11) is 0. The zero-order valence-electron chi connectivity index (χ0n) is 8.12. The lowest BCUT2D eigenvalue weighted by atomic mass is 10.0. The van der Waals surface area contributed by atoms with Gasteiger partial charge < -0.3 is 4.52 Å². The number of aryl methyl sites for hydroxylation is 1. The summed E-state index contributed by atoms with van der Waals surface area (Å²) in [5.41, 5.74) is 2.14. The summed E-state index contributed by atoms with van der Waals surface area (Å²) in [5, 5.41) is 7.60. The molecule has 0 unspecified atom stereocenters. The Morgan fingerprint density at radius 1 is 1.13 bits per heavy atom. The molecule has 0 aliphatic rings. The maximum Gasteiger partial charge on any atom is 0.168 e. The van der Waals surface area contributed by atoms with Crippen molar-refractivity contribution in [2.24, 2.45) is 0 Å². The number of halogens is 1. The number of rotatable bonds is 0. The van der Waals surface area contributed by atoms with E-state index in [1.165, 1.54) is 16.3 Å². The Balaban J connectivity index is 2.64. The van der Waals surface area contributed by atoms with E-state index in [0.29, 0.717) is 0 Å². The first-order chi connectivity index (χ1) is 7.27. The SMILES string of the molecule is Cc1cccc2c1ccc1onc(I)c12. The van der Waals surface area contributed by atoms with E-state index >= 15 is 0 Å². The number of aromatic nitrogens is 1. The standard InChI is InChI=1S/C12H8INO/c1-7-3-2-4-9-8(7)5-6-10-11(9)12(13)14-15-10/h2-6H,1H3. The minimum absolute atomic E-state index is 0.859. The van der Waals surface area contributed by atoms with Crippen LogP contribution in [0.2, 0.25) is 0 Å². The molecule has 0 saturated heterocycles. The molecule has 0 amide bonds. The van der Waals surface area contributed by atoms with Crippen molar-refractivity contribution in [3.05, 3.63) is 39.6 Å². The molecular formula is C12H8INO. The molecule has 0 spiro atoms. The van der Waals surface area contributed by atoms with Gasteiger partial charge in [-0.15, -0.1) is 0 Å². The molecule has 0 aliphatic heterocycles. The molecular weight excluding hydrogens is 301 g/mol. The Morgan fingerprint density at radius 2 is 2.00 bits per heavy atom. The van der Waals surface area contributed by atoms with E-state index in [0.717, 1.165) is 14.7 Å².